The van der Waals surface area contributed by atoms with Gasteiger partial charge in [0.2, 0.25) is 10.9 Å². The minimum Gasteiger partial charge on any atom is -0.462 e. The Balaban J connectivity index is 0.000000241. The van der Waals surface area contributed by atoms with Crippen LogP contribution in [0, 0.1) is 11.6 Å². The molecule has 2 aromatic heterocycles. The number of halogens is 5. The molecular weight excluding hydrogens is 1470 g/mol. The maximum Gasteiger partial charge on any atom is 0.495 e. The lowest BCUT2D eigenvalue weighted by molar-refractivity contribution is 0.00578. The monoisotopic (exact) mass is 1580 g/mol. The topological polar surface area (TPSA) is 177 Å². The summed E-state index contributed by atoms with van der Waals surface area (Å²) >= 11 is 15.5. The summed E-state index contributed by atoms with van der Waals surface area (Å²) in [7, 11) is -4.88. The number of esters is 2. The number of aromatic nitrogens is 2. The lowest BCUT2D eigenvalue weighted by Crippen LogP contribution is -2.42. The van der Waals surface area contributed by atoms with Crippen LogP contribution in [0.25, 0.3) is 21.8 Å². The number of aryl methyl sites for hydroxylation is 2. The number of pyridine rings is 2. The zero-order valence-electron chi connectivity index (χ0n) is 65.0. The van der Waals surface area contributed by atoms with E-state index < -0.39 is 58.1 Å². The molecule has 4 aromatic carbocycles. The highest BCUT2D eigenvalue weighted by Crippen LogP contribution is 2.41. The highest BCUT2D eigenvalue weighted by atomic mass is 79.9. The van der Waals surface area contributed by atoms with E-state index in [4.69, 9.17) is 69.8 Å². The molecule has 0 spiro atoms. The molecule has 0 saturated carbocycles. The van der Waals surface area contributed by atoms with Crippen LogP contribution < -0.4 is 26.1 Å². The minimum atomic E-state index is -2.14. The Bertz CT molecular complexity index is 4060. The van der Waals surface area contributed by atoms with Crippen molar-refractivity contribution in [3.63, 3.8) is 0 Å². The van der Waals surface area contributed by atoms with Crippen molar-refractivity contribution in [3.8, 4) is 0 Å². The Kier molecular flexibility index (Phi) is 30.6. The molecular formula is C78H112BBrCl2F2N4O14Si2. The summed E-state index contributed by atoms with van der Waals surface area (Å²) in [5.41, 5.74) is 5.79. The zero-order valence-corrected chi connectivity index (χ0v) is 70.1. The summed E-state index contributed by atoms with van der Waals surface area (Å²) in [6.07, 6.45) is 4.79. The number of hydrogen-bond acceptors (Lipinski definition) is 16. The van der Waals surface area contributed by atoms with Gasteiger partial charge < -0.3 is 65.5 Å². The standard InChI is InChI=1S/C36H50ClFN2O6Si.C31H50BNO7Si.C11H12BrClFNO/c1-9-24-19-32-29(18-25(24)16-26-17-27(20-31(37)33(26)38)39-12-14-44-15-13-39)34(41)30(35(42)45-11-3)21-40(32)28(22-43-10-2)23-46-47(7,8)36(4,5)6;1-13-21-16-26-23(17-25(21)32-39-30(7,8)31(9,10)40-32)27(34)24(28(35)37-15-3)18-33(26)22(19-36-14-2)20-38-41(11,12)29(4,5)6;12-7-8-5-9(6-10(13)11(8)14)15-1-3-16-4-2-15/h17-21,28H,9-16,22-23H2,1-8H3;16-18,22H,13-15,19-20H2,1-12H3;5-6H,1-4,7H2/t28-;22-;/m00./s1. The van der Waals surface area contributed by atoms with Crippen molar-refractivity contribution in [2.24, 2.45) is 0 Å². The van der Waals surface area contributed by atoms with Crippen molar-refractivity contribution in [1.82, 2.24) is 9.13 Å². The van der Waals surface area contributed by atoms with Crippen LogP contribution in [0.4, 0.5) is 20.2 Å². The Labute approximate surface area is 635 Å². The fourth-order valence-electron chi connectivity index (χ4n) is 11.9. The highest BCUT2D eigenvalue weighted by molar-refractivity contribution is 9.08. The van der Waals surface area contributed by atoms with Crippen molar-refractivity contribution in [1.29, 1.82) is 0 Å². The van der Waals surface area contributed by atoms with Gasteiger partial charge in [-0.3, -0.25) is 9.59 Å². The molecule has 0 unspecified atom stereocenters. The van der Waals surface area contributed by atoms with E-state index >= 15 is 4.39 Å². The number of morpholine rings is 2. The lowest BCUT2D eigenvalue weighted by Gasteiger charge is -2.37. The quantitative estimate of drug-likeness (QED) is 0.0284. The van der Waals surface area contributed by atoms with Crippen LogP contribution in [-0.2, 0) is 71.2 Å². The maximum absolute atomic E-state index is 15.5. The Morgan fingerprint density at radius 2 is 0.952 bits per heavy atom. The van der Waals surface area contributed by atoms with Gasteiger partial charge in [-0.15, -0.1) is 0 Å². The van der Waals surface area contributed by atoms with E-state index in [0.29, 0.717) is 130 Å². The number of benzene rings is 4. The van der Waals surface area contributed by atoms with Crippen LogP contribution in [0.5, 0.6) is 0 Å². The number of carbonyl (C=O) groups excluding carboxylic acids is 2. The second kappa shape index (κ2) is 36.9. The van der Waals surface area contributed by atoms with Crippen LogP contribution in [0.2, 0.25) is 46.3 Å². The third kappa shape index (κ3) is 20.6. The van der Waals surface area contributed by atoms with E-state index in [9.17, 15) is 23.6 Å². The molecule has 5 heterocycles. The van der Waals surface area contributed by atoms with Crippen molar-refractivity contribution < 1.29 is 65.0 Å². The molecule has 3 fully saturated rings. The second-order valence-electron chi connectivity index (χ2n) is 30.6. The second-order valence-corrected chi connectivity index (χ2v) is 41.6. The van der Waals surface area contributed by atoms with Crippen LogP contribution in [0.3, 0.4) is 0 Å². The highest BCUT2D eigenvalue weighted by Gasteiger charge is 2.52. The summed E-state index contributed by atoms with van der Waals surface area (Å²) < 4.78 is 92.3. The van der Waals surface area contributed by atoms with Crippen molar-refractivity contribution in [2.75, 3.05) is 115 Å². The van der Waals surface area contributed by atoms with Gasteiger partial charge in [0.15, 0.2) is 16.6 Å². The smallest absolute Gasteiger partial charge is 0.462 e. The molecule has 104 heavy (non-hydrogen) atoms. The molecule has 0 radical (unpaired) electrons. The first-order chi connectivity index (χ1) is 48.8. The molecule has 0 aliphatic carbocycles. The van der Waals surface area contributed by atoms with Gasteiger partial charge >= 0.3 is 19.1 Å². The van der Waals surface area contributed by atoms with Crippen LogP contribution in [-0.4, -0.2) is 161 Å². The summed E-state index contributed by atoms with van der Waals surface area (Å²) in [5.74, 6) is -2.16. The summed E-state index contributed by atoms with van der Waals surface area (Å²) in [4.78, 5) is 58.3. The first-order valence-electron chi connectivity index (χ1n) is 36.6. The molecule has 574 valence electrons. The molecule has 3 saturated heterocycles. The molecule has 2 atom stereocenters. The average Bonchev–Trinajstić information content (AvgIpc) is 1.21. The molecule has 0 N–H and O–H groups in total. The van der Waals surface area contributed by atoms with Gasteiger partial charge in [0.05, 0.1) is 110 Å². The number of anilines is 2. The fraction of sp³-hybridized carbons (Fsp3) is 0.590. The zero-order chi connectivity index (χ0) is 77.0. The number of carbonyl (C=O) groups is 2. The van der Waals surface area contributed by atoms with E-state index in [1.54, 1.807) is 44.4 Å². The number of hydrogen-bond donors (Lipinski definition) is 0. The lowest BCUT2D eigenvalue weighted by atomic mass is 9.74. The average molecular weight is 1590 g/mol. The molecule has 3 aliphatic rings. The molecule has 6 aromatic rings. The van der Waals surface area contributed by atoms with E-state index in [0.717, 1.165) is 46.6 Å². The summed E-state index contributed by atoms with van der Waals surface area (Å²) in [5, 5.41) is 1.48. The third-order valence-electron chi connectivity index (χ3n) is 21.1. The van der Waals surface area contributed by atoms with Gasteiger partial charge in [0.1, 0.15) is 22.8 Å². The minimum absolute atomic E-state index is 0.00754. The van der Waals surface area contributed by atoms with Crippen LogP contribution in [0.1, 0.15) is 171 Å². The van der Waals surface area contributed by atoms with Gasteiger partial charge in [0.25, 0.3) is 0 Å². The van der Waals surface area contributed by atoms with Gasteiger partial charge in [-0.25, -0.2) is 18.4 Å². The molecule has 0 bridgehead atoms. The molecule has 9 rings (SSSR count). The number of alkyl halides is 1. The fourth-order valence-corrected chi connectivity index (χ4v) is 14.9. The predicted octanol–water partition coefficient (Wildman–Crippen LogP) is 16.4. The van der Waals surface area contributed by atoms with E-state index in [1.165, 1.54) is 0 Å². The van der Waals surface area contributed by atoms with Crippen LogP contribution >= 0.6 is 39.1 Å². The molecule has 18 nitrogen and oxygen atoms in total. The van der Waals surface area contributed by atoms with Crippen molar-refractivity contribution in [2.45, 2.75) is 195 Å². The first kappa shape index (κ1) is 86.2. The number of nitrogens with zero attached hydrogens (tertiary/aromatic N) is 4. The maximum atomic E-state index is 15.5. The molecule has 0 amide bonds. The van der Waals surface area contributed by atoms with E-state index in [1.807, 2.05) is 87.9 Å². The van der Waals surface area contributed by atoms with Gasteiger partial charge in [-0.05, 0) is 181 Å². The molecule has 26 heteroatoms. The third-order valence-corrected chi connectivity index (χ3v) is 31.2. The Morgan fingerprint density at radius 3 is 1.34 bits per heavy atom. The number of rotatable bonds is 26. The van der Waals surface area contributed by atoms with Crippen molar-refractivity contribution in [3.05, 3.63) is 142 Å². The SMILES string of the molecule is CCOC[C@@H](CO[Si](C)(C)C(C)(C)C)n1cc(C(=O)OCC)c(=O)c2cc(B3OC(C)(C)C(C)(C)O3)c(CC)cc21.CCOC[C@@H](CO[Si](C)(C)C(C)(C)C)n1cc(C(=O)OCC)c(=O)c2cc(Cc3cc(N4CCOCC4)cc(Cl)c3F)c(CC)cc21.Fc1c(Cl)cc(N2CCOCC2)cc1CBr. The van der Waals surface area contributed by atoms with Gasteiger partial charge in [-0.1, -0.05) is 94.5 Å². The normalized spacial score (nSPS) is 16.3. The van der Waals surface area contributed by atoms with Gasteiger partial charge in [-0.2, -0.15) is 0 Å². The number of fused-ring (bicyclic) bond motifs is 2. The molecule has 3 aliphatic heterocycles. The van der Waals surface area contributed by atoms with Gasteiger partial charge in [0, 0.05) is 91.2 Å². The summed E-state index contributed by atoms with van der Waals surface area (Å²) in [6, 6.07) is 14.1. The predicted molar refractivity (Wildman–Crippen MR) is 424 cm³/mol. The summed E-state index contributed by atoms with van der Waals surface area (Å²) in [6.45, 7) is 49.8. The van der Waals surface area contributed by atoms with E-state index in [-0.39, 0.29) is 74.2 Å². The largest absolute Gasteiger partial charge is 0.495 e. The van der Waals surface area contributed by atoms with Crippen LogP contribution in [0.15, 0.2) is 70.5 Å². The first-order valence-corrected chi connectivity index (χ1v) is 44.3. The van der Waals surface area contributed by atoms with E-state index in [2.05, 4.69) is 100 Å². The Hall–Kier alpha value is -5.06. The number of ether oxygens (including phenoxy) is 6. The Morgan fingerprint density at radius 1 is 0.558 bits per heavy atom. The van der Waals surface area contributed by atoms with Crippen molar-refractivity contribution >= 4 is 113 Å².